The summed E-state index contributed by atoms with van der Waals surface area (Å²) >= 11 is 0. The molecule has 1 fully saturated rings. The molecular weight excluding hydrogens is 200 g/mol. The van der Waals surface area contributed by atoms with Gasteiger partial charge in [-0.3, -0.25) is 4.90 Å². The zero-order valence-corrected chi connectivity index (χ0v) is 9.82. The summed E-state index contributed by atoms with van der Waals surface area (Å²) in [5.41, 5.74) is 2.31. The molecule has 3 nitrogen and oxygen atoms in total. The van der Waals surface area contributed by atoms with Crippen LogP contribution in [0.4, 0.5) is 0 Å². The van der Waals surface area contributed by atoms with E-state index in [0.29, 0.717) is 6.04 Å². The van der Waals surface area contributed by atoms with Gasteiger partial charge in [-0.1, -0.05) is 24.3 Å². The molecule has 0 bridgehead atoms. The van der Waals surface area contributed by atoms with E-state index in [1.165, 1.54) is 5.56 Å². The molecule has 1 atom stereocenters. The molecule has 0 spiro atoms. The zero-order chi connectivity index (χ0) is 11.4. The van der Waals surface area contributed by atoms with E-state index in [4.69, 9.17) is 5.11 Å². The molecule has 88 valence electrons. The summed E-state index contributed by atoms with van der Waals surface area (Å²) in [6, 6.07) is 8.81. The van der Waals surface area contributed by atoms with Crippen LogP contribution in [0.2, 0.25) is 0 Å². The molecule has 0 radical (unpaired) electrons. The summed E-state index contributed by atoms with van der Waals surface area (Å²) < 4.78 is 0. The van der Waals surface area contributed by atoms with E-state index >= 15 is 0 Å². The van der Waals surface area contributed by atoms with Crippen LogP contribution in [0.5, 0.6) is 0 Å². The van der Waals surface area contributed by atoms with Gasteiger partial charge in [-0.05, 0) is 18.1 Å². The van der Waals surface area contributed by atoms with E-state index in [9.17, 15) is 0 Å². The molecule has 16 heavy (non-hydrogen) atoms. The van der Waals surface area contributed by atoms with Gasteiger partial charge < -0.3 is 10.4 Å². The average molecular weight is 220 g/mol. The Morgan fingerprint density at radius 2 is 2.00 bits per heavy atom. The van der Waals surface area contributed by atoms with Crippen LogP contribution in [0.25, 0.3) is 0 Å². The SMILES string of the molecule is C[C@H]1CN(Cc2ccc(CO)cc2)CCN1. The lowest BCUT2D eigenvalue weighted by Gasteiger charge is -2.31. The molecule has 1 aromatic carbocycles. The van der Waals surface area contributed by atoms with Crippen molar-refractivity contribution in [3.8, 4) is 0 Å². The van der Waals surface area contributed by atoms with Gasteiger partial charge in [-0.2, -0.15) is 0 Å². The Bertz CT molecular complexity index is 323. The summed E-state index contributed by atoms with van der Waals surface area (Å²) in [5.74, 6) is 0. The standard InChI is InChI=1S/C13H20N2O/c1-11-8-15(7-6-14-11)9-12-2-4-13(10-16)5-3-12/h2-5,11,14,16H,6-10H2,1H3/t11-/m0/s1. The third-order valence-electron chi connectivity index (χ3n) is 3.06. The van der Waals surface area contributed by atoms with Crippen molar-refractivity contribution in [1.29, 1.82) is 0 Å². The van der Waals surface area contributed by atoms with Gasteiger partial charge in [-0.25, -0.2) is 0 Å². The number of rotatable bonds is 3. The first kappa shape index (κ1) is 11.6. The zero-order valence-electron chi connectivity index (χ0n) is 9.82. The van der Waals surface area contributed by atoms with Crippen molar-refractivity contribution in [2.75, 3.05) is 19.6 Å². The molecule has 1 aliphatic rings. The summed E-state index contributed by atoms with van der Waals surface area (Å²) in [5, 5.41) is 12.4. The first-order valence-corrected chi connectivity index (χ1v) is 5.92. The van der Waals surface area contributed by atoms with E-state index < -0.39 is 0 Å². The number of benzene rings is 1. The van der Waals surface area contributed by atoms with E-state index in [2.05, 4.69) is 29.3 Å². The first-order chi connectivity index (χ1) is 7.78. The Hall–Kier alpha value is -0.900. The van der Waals surface area contributed by atoms with E-state index in [0.717, 1.165) is 31.7 Å². The fourth-order valence-corrected chi connectivity index (χ4v) is 2.16. The Labute approximate surface area is 97.1 Å². The Kier molecular flexibility index (Phi) is 3.93. The minimum atomic E-state index is 0.130. The second-order valence-electron chi connectivity index (χ2n) is 4.56. The third kappa shape index (κ3) is 3.04. The number of aliphatic hydroxyl groups is 1. The fraction of sp³-hybridized carbons (Fsp3) is 0.538. The van der Waals surface area contributed by atoms with Gasteiger partial charge in [0.15, 0.2) is 0 Å². The highest BCUT2D eigenvalue weighted by Gasteiger charge is 2.15. The van der Waals surface area contributed by atoms with Gasteiger partial charge in [0.05, 0.1) is 6.61 Å². The van der Waals surface area contributed by atoms with Gasteiger partial charge in [0.2, 0.25) is 0 Å². The monoisotopic (exact) mass is 220 g/mol. The maximum absolute atomic E-state index is 8.97. The maximum atomic E-state index is 8.97. The van der Waals surface area contributed by atoms with Crippen molar-refractivity contribution in [3.63, 3.8) is 0 Å². The van der Waals surface area contributed by atoms with Crippen molar-refractivity contribution in [2.45, 2.75) is 26.1 Å². The molecule has 2 N–H and O–H groups in total. The van der Waals surface area contributed by atoms with Crippen LogP contribution >= 0.6 is 0 Å². The van der Waals surface area contributed by atoms with Gasteiger partial charge >= 0.3 is 0 Å². The van der Waals surface area contributed by atoms with Crippen LogP contribution in [0.1, 0.15) is 18.1 Å². The Morgan fingerprint density at radius 3 is 2.62 bits per heavy atom. The van der Waals surface area contributed by atoms with Crippen molar-refractivity contribution in [3.05, 3.63) is 35.4 Å². The smallest absolute Gasteiger partial charge is 0.0681 e. The average Bonchev–Trinajstić information content (AvgIpc) is 2.30. The predicted octanol–water partition coefficient (Wildman–Crippen LogP) is 0.973. The second-order valence-corrected chi connectivity index (χ2v) is 4.56. The quantitative estimate of drug-likeness (QED) is 0.797. The number of piperazine rings is 1. The molecule has 2 rings (SSSR count). The number of nitrogens with one attached hydrogen (secondary N) is 1. The van der Waals surface area contributed by atoms with Crippen molar-refractivity contribution in [1.82, 2.24) is 10.2 Å². The molecule has 0 amide bonds. The molecule has 0 aliphatic carbocycles. The highest BCUT2D eigenvalue weighted by Crippen LogP contribution is 2.09. The molecule has 0 aromatic heterocycles. The molecule has 1 heterocycles. The van der Waals surface area contributed by atoms with Crippen LogP contribution in [-0.4, -0.2) is 35.7 Å². The summed E-state index contributed by atoms with van der Waals surface area (Å²) in [4.78, 5) is 2.47. The number of hydrogen-bond acceptors (Lipinski definition) is 3. The maximum Gasteiger partial charge on any atom is 0.0681 e. The van der Waals surface area contributed by atoms with Crippen LogP contribution in [0, 0.1) is 0 Å². The number of nitrogens with zero attached hydrogens (tertiary/aromatic N) is 1. The number of hydrogen-bond donors (Lipinski definition) is 2. The van der Waals surface area contributed by atoms with Crippen LogP contribution < -0.4 is 5.32 Å². The minimum Gasteiger partial charge on any atom is -0.392 e. The van der Waals surface area contributed by atoms with Crippen molar-refractivity contribution < 1.29 is 5.11 Å². The lowest BCUT2D eigenvalue weighted by Crippen LogP contribution is -2.48. The van der Waals surface area contributed by atoms with E-state index in [1.807, 2.05) is 12.1 Å². The molecule has 3 heteroatoms. The summed E-state index contributed by atoms with van der Waals surface area (Å²) in [6.07, 6.45) is 0. The van der Waals surface area contributed by atoms with E-state index in [-0.39, 0.29) is 6.61 Å². The first-order valence-electron chi connectivity index (χ1n) is 5.92. The summed E-state index contributed by atoms with van der Waals surface area (Å²) in [7, 11) is 0. The lowest BCUT2D eigenvalue weighted by atomic mass is 10.1. The normalized spacial score (nSPS) is 22.2. The predicted molar refractivity (Wildman–Crippen MR) is 65.1 cm³/mol. The van der Waals surface area contributed by atoms with Gasteiger partial charge in [0.25, 0.3) is 0 Å². The van der Waals surface area contributed by atoms with Crippen LogP contribution in [0.3, 0.4) is 0 Å². The molecule has 1 aliphatic heterocycles. The number of aliphatic hydroxyl groups excluding tert-OH is 1. The molecule has 1 saturated heterocycles. The highest BCUT2D eigenvalue weighted by atomic mass is 16.3. The second kappa shape index (κ2) is 5.43. The fourth-order valence-electron chi connectivity index (χ4n) is 2.16. The molecule has 0 saturated carbocycles. The largest absolute Gasteiger partial charge is 0.392 e. The lowest BCUT2D eigenvalue weighted by molar-refractivity contribution is 0.199. The Balaban J connectivity index is 1.92. The van der Waals surface area contributed by atoms with Gasteiger partial charge in [0.1, 0.15) is 0 Å². The van der Waals surface area contributed by atoms with Gasteiger partial charge in [0, 0.05) is 32.2 Å². The topological polar surface area (TPSA) is 35.5 Å². The van der Waals surface area contributed by atoms with Crippen molar-refractivity contribution in [2.24, 2.45) is 0 Å². The molecular formula is C13H20N2O. The molecule has 0 unspecified atom stereocenters. The van der Waals surface area contributed by atoms with Crippen LogP contribution in [0.15, 0.2) is 24.3 Å². The van der Waals surface area contributed by atoms with Crippen LogP contribution in [-0.2, 0) is 13.2 Å². The van der Waals surface area contributed by atoms with E-state index in [1.54, 1.807) is 0 Å². The van der Waals surface area contributed by atoms with Gasteiger partial charge in [-0.15, -0.1) is 0 Å². The minimum absolute atomic E-state index is 0.130. The van der Waals surface area contributed by atoms with Crippen molar-refractivity contribution >= 4 is 0 Å². The molecule has 1 aromatic rings. The third-order valence-corrected chi connectivity index (χ3v) is 3.06. The Morgan fingerprint density at radius 1 is 1.31 bits per heavy atom. The summed E-state index contributed by atoms with van der Waals surface area (Å²) in [6.45, 7) is 6.67. The highest BCUT2D eigenvalue weighted by molar-refractivity contribution is 5.21.